The Balaban J connectivity index is 2.07. The van der Waals surface area contributed by atoms with Crippen LogP contribution in [0.1, 0.15) is 23.6 Å². The van der Waals surface area contributed by atoms with Gasteiger partial charge in [0, 0.05) is 0 Å². The van der Waals surface area contributed by atoms with Gasteiger partial charge in [-0.3, -0.25) is 19.6 Å². The van der Waals surface area contributed by atoms with Crippen LogP contribution >= 0.6 is 0 Å². The second-order valence-corrected chi connectivity index (χ2v) is 5.82. The number of anilines is 1. The normalized spacial score (nSPS) is 15.8. The number of aromatic nitrogens is 2. The van der Waals surface area contributed by atoms with Gasteiger partial charge in [-0.1, -0.05) is 17.7 Å². The third kappa shape index (κ3) is 2.89. The summed E-state index contributed by atoms with van der Waals surface area (Å²) in [5.41, 5.74) is 1.31. The summed E-state index contributed by atoms with van der Waals surface area (Å²) < 4.78 is 0. The average molecular weight is 340 g/mol. The van der Waals surface area contributed by atoms with Gasteiger partial charge in [0.15, 0.2) is 0 Å². The summed E-state index contributed by atoms with van der Waals surface area (Å²) in [7, 11) is 0. The molecule has 0 spiro atoms. The van der Waals surface area contributed by atoms with Crippen LogP contribution in [0.3, 0.4) is 0 Å². The Morgan fingerprint density at radius 2 is 1.84 bits per heavy atom. The minimum atomic E-state index is -0.829. The van der Waals surface area contributed by atoms with Crippen molar-refractivity contribution in [2.75, 3.05) is 5.01 Å². The first-order chi connectivity index (χ1) is 11.8. The van der Waals surface area contributed by atoms with Crippen LogP contribution in [0.2, 0.25) is 0 Å². The highest BCUT2D eigenvalue weighted by Crippen LogP contribution is 2.28. The number of rotatable bonds is 2. The second kappa shape index (κ2) is 5.90. The summed E-state index contributed by atoms with van der Waals surface area (Å²) in [5.74, 6) is -1.03. The second-order valence-electron chi connectivity index (χ2n) is 5.82. The first-order valence-electron chi connectivity index (χ1n) is 7.52. The number of hydrazone groups is 1. The van der Waals surface area contributed by atoms with E-state index < -0.39 is 23.0 Å². The minimum Gasteiger partial charge on any atom is -0.494 e. The summed E-state index contributed by atoms with van der Waals surface area (Å²) in [5, 5.41) is 15.3. The number of carbonyl (C=O) groups excluding carboxylic acids is 1. The van der Waals surface area contributed by atoms with Gasteiger partial charge in [-0.25, -0.2) is 4.79 Å². The van der Waals surface area contributed by atoms with Crippen molar-refractivity contribution in [3.8, 4) is 5.88 Å². The lowest BCUT2D eigenvalue weighted by Gasteiger charge is -2.15. The van der Waals surface area contributed by atoms with Crippen LogP contribution in [0.5, 0.6) is 5.88 Å². The zero-order valence-corrected chi connectivity index (χ0v) is 13.9. The van der Waals surface area contributed by atoms with E-state index >= 15 is 0 Å². The van der Waals surface area contributed by atoms with Gasteiger partial charge in [0.1, 0.15) is 5.56 Å². The fraction of sp³-hybridized carbons (Fsp3) is 0.176. The van der Waals surface area contributed by atoms with E-state index in [4.69, 9.17) is 0 Å². The van der Waals surface area contributed by atoms with Gasteiger partial charge in [-0.05, 0) is 38.5 Å². The molecule has 1 aliphatic rings. The summed E-state index contributed by atoms with van der Waals surface area (Å²) in [6.45, 7) is 5.46. The van der Waals surface area contributed by atoms with Crippen LogP contribution in [0.4, 0.5) is 5.69 Å². The molecule has 2 heterocycles. The van der Waals surface area contributed by atoms with E-state index in [9.17, 15) is 19.5 Å². The van der Waals surface area contributed by atoms with Crippen LogP contribution in [0.25, 0.3) is 6.08 Å². The molecule has 1 aliphatic heterocycles. The van der Waals surface area contributed by atoms with Gasteiger partial charge in [0.05, 0.1) is 17.0 Å². The zero-order chi connectivity index (χ0) is 18.3. The Hall–Kier alpha value is -3.42. The number of aryl methyl sites for hydroxylation is 2. The monoisotopic (exact) mass is 340 g/mol. The van der Waals surface area contributed by atoms with Crippen molar-refractivity contribution in [3.63, 3.8) is 0 Å². The van der Waals surface area contributed by atoms with Crippen LogP contribution in [0.15, 0.2) is 38.5 Å². The molecule has 8 nitrogen and oxygen atoms in total. The molecule has 0 radical (unpaired) electrons. The molecule has 1 aromatic carbocycles. The zero-order valence-electron chi connectivity index (χ0n) is 13.9. The maximum Gasteiger partial charge on any atom is 0.328 e. The van der Waals surface area contributed by atoms with Crippen molar-refractivity contribution in [2.45, 2.75) is 20.8 Å². The van der Waals surface area contributed by atoms with Crippen LogP contribution in [-0.2, 0) is 4.79 Å². The topological polar surface area (TPSA) is 119 Å². The Kier molecular flexibility index (Phi) is 3.88. The first-order valence-corrected chi connectivity index (χ1v) is 7.52. The Morgan fingerprint density at radius 1 is 1.12 bits per heavy atom. The van der Waals surface area contributed by atoms with Gasteiger partial charge in [-0.15, -0.1) is 0 Å². The molecule has 1 aromatic heterocycles. The SMILES string of the molecule is CC1=NN(c2ccc(C)cc2C)C(=O)/C1=C\c1c(O)[nH]c(=O)[nH]c1=O. The van der Waals surface area contributed by atoms with Crippen molar-refractivity contribution < 1.29 is 9.90 Å². The molecule has 3 rings (SSSR count). The molecule has 0 atom stereocenters. The summed E-state index contributed by atoms with van der Waals surface area (Å²) in [4.78, 5) is 39.8. The molecule has 0 fully saturated rings. The standard InChI is InChI=1S/C17H16N4O4/c1-8-4-5-13(9(2)6-8)21-16(24)11(10(3)20-21)7-12-14(22)18-17(25)19-15(12)23/h4-7H,1-3H3,(H3,18,19,22,23,25)/b11-7-. The molecule has 1 amide bonds. The van der Waals surface area contributed by atoms with E-state index in [1.807, 2.05) is 31.0 Å². The third-order valence-electron chi connectivity index (χ3n) is 3.89. The molecule has 8 heteroatoms. The Labute approximate surface area is 142 Å². The number of aromatic amines is 2. The lowest BCUT2D eigenvalue weighted by Crippen LogP contribution is -2.25. The number of aromatic hydroxyl groups is 1. The van der Waals surface area contributed by atoms with Crippen molar-refractivity contribution >= 4 is 23.4 Å². The molecular weight excluding hydrogens is 324 g/mol. The quantitative estimate of drug-likeness (QED) is 0.712. The number of benzene rings is 1. The highest BCUT2D eigenvalue weighted by Gasteiger charge is 2.30. The first kappa shape index (κ1) is 16.4. The van der Waals surface area contributed by atoms with E-state index in [1.54, 1.807) is 13.0 Å². The van der Waals surface area contributed by atoms with Crippen molar-refractivity contribution in [3.05, 3.63) is 61.3 Å². The largest absolute Gasteiger partial charge is 0.494 e. The van der Waals surface area contributed by atoms with E-state index in [2.05, 4.69) is 10.1 Å². The predicted octanol–water partition coefficient (Wildman–Crippen LogP) is 1.19. The lowest BCUT2D eigenvalue weighted by atomic mass is 10.1. The molecule has 3 N–H and O–H groups in total. The van der Waals surface area contributed by atoms with Crippen LogP contribution in [-0.4, -0.2) is 26.7 Å². The van der Waals surface area contributed by atoms with Crippen LogP contribution < -0.4 is 16.3 Å². The number of nitrogens with one attached hydrogen (secondary N) is 2. The Bertz CT molecular complexity index is 1060. The molecule has 0 aliphatic carbocycles. The maximum atomic E-state index is 12.7. The van der Waals surface area contributed by atoms with Gasteiger partial charge in [0.25, 0.3) is 11.5 Å². The number of carbonyl (C=O) groups is 1. The number of hydrogen-bond donors (Lipinski definition) is 3. The molecule has 25 heavy (non-hydrogen) atoms. The van der Waals surface area contributed by atoms with Crippen molar-refractivity contribution in [1.29, 1.82) is 0 Å². The average Bonchev–Trinajstić information content (AvgIpc) is 2.78. The molecular formula is C17H16N4O4. The number of H-pyrrole nitrogens is 2. The minimum absolute atomic E-state index is 0.160. The summed E-state index contributed by atoms with van der Waals surface area (Å²) in [6.07, 6.45) is 1.22. The number of nitrogens with zero attached hydrogens (tertiary/aromatic N) is 2. The number of amides is 1. The highest BCUT2D eigenvalue weighted by atomic mass is 16.3. The van der Waals surface area contributed by atoms with Gasteiger partial charge in [0.2, 0.25) is 5.88 Å². The smallest absolute Gasteiger partial charge is 0.328 e. The highest BCUT2D eigenvalue weighted by molar-refractivity contribution is 6.32. The summed E-state index contributed by atoms with van der Waals surface area (Å²) >= 11 is 0. The van der Waals surface area contributed by atoms with E-state index in [-0.39, 0.29) is 11.1 Å². The Morgan fingerprint density at radius 3 is 2.48 bits per heavy atom. The fourth-order valence-corrected chi connectivity index (χ4v) is 2.65. The molecule has 128 valence electrons. The predicted molar refractivity (Wildman–Crippen MR) is 93.8 cm³/mol. The summed E-state index contributed by atoms with van der Waals surface area (Å²) in [6, 6.07) is 5.61. The third-order valence-corrected chi connectivity index (χ3v) is 3.89. The van der Waals surface area contributed by atoms with Gasteiger partial charge in [-0.2, -0.15) is 10.1 Å². The van der Waals surface area contributed by atoms with Crippen LogP contribution in [0, 0.1) is 13.8 Å². The van der Waals surface area contributed by atoms with E-state index in [0.717, 1.165) is 11.1 Å². The van der Waals surface area contributed by atoms with Gasteiger partial charge >= 0.3 is 5.69 Å². The molecule has 2 aromatic rings. The lowest BCUT2D eigenvalue weighted by molar-refractivity contribution is -0.114. The maximum absolute atomic E-state index is 12.7. The van der Waals surface area contributed by atoms with E-state index in [1.165, 1.54) is 11.1 Å². The molecule has 0 unspecified atom stereocenters. The molecule has 0 saturated carbocycles. The van der Waals surface area contributed by atoms with Crippen molar-refractivity contribution in [1.82, 2.24) is 9.97 Å². The van der Waals surface area contributed by atoms with E-state index in [0.29, 0.717) is 11.4 Å². The molecule has 0 bridgehead atoms. The fourth-order valence-electron chi connectivity index (χ4n) is 2.65. The molecule has 0 saturated heterocycles. The van der Waals surface area contributed by atoms with Gasteiger partial charge < -0.3 is 5.11 Å². The number of hydrogen-bond acceptors (Lipinski definition) is 5. The van der Waals surface area contributed by atoms with Crippen molar-refractivity contribution in [2.24, 2.45) is 5.10 Å².